The van der Waals surface area contributed by atoms with Gasteiger partial charge in [0.25, 0.3) is 0 Å². The quantitative estimate of drug-likeness (QED) is 0.577. The highest BCUT2D eigenvalue weighted by Crippen LogP contribution is 2.27. The Hall–Kier alpha value is -1.86. The summed E-state index contributed by atoms with van der Waals surface area (Å²) in [5.41, 5.74) is 0. The molecule has 108 valence electrons. The van der Waals surface area contributed by atoms with E-state index in [1.54, 1.807) is 23.7 Å². The van der Waals surface area contributed by atoms with Crippen molar-refractivity contribution in [2.45, 2.75) is 18.0 Å². The van der Waals surface area contributed by atoms with E-state index in [1.165, 1.54) is 18.1 Å². The lowest BCUT2D eigenvalue weighted by Gasteiger charge is -2.11. The van der Waals surface area contributed by atoms with E-state index in [-0.39, 0.29) is 11.9 Å². The van der Waals surface area contributed by atoms with Crippen molar-refractivity contribution in [3.63, 3.8) is 0 Å². The lowest BCUT2D eigenvalue weighted by Crippen LogP contribution is -2.27. The molecule has 3 rings (SSSR count). The van der Waals surface area contributed by atoms with Crippen molar-refractivity contribution in [3.05, 3.63) is 41.9 Å². The molecule has 0 radical (unpaired) electrons. The highest BCUT2D eigenvalue weighted by Gasteiger charge is 2.13. The van der Waals surface area contributed by atoms with Gasteiger partial charge in [0, 0.05) is 5.39 Å². The second-order valence-corrected chi connectivity index (χ2v) is 6.27. The number of fused-ring (bicyclic) bond motifs is 1. The van der Waals surface area contributed by atoms with Gasteiger partial charge < -0.3 is 9.73 Å². The van der Waals surface area contributed by atoms with Crippen molar-refractivity contribution in [3.8, 4) is 0 Å². The molecule has 3 aromatic heterocycles. The highest BCUT2D eigenvalue weighted by molar-refractivity contribution is 8.00. The van der Waals surface area contributed by atoms with E-state index in [2.05, 4.69) is 15.3 Å². The number of nitrogens with one attached hydrogen (secondary N) is 1. The minimum atomic E-state index is -0.139. The zero-order valence-corrected chi connectivity index (χ0v) is 12.9. The van der Waals surface area contributed by atoms with Crippen LogP contribution in [0.15, 0.2) is 45.6 Å². The molecule has 1 amide bonds. The number of furan rings is 1. The van der Waals surface area contributed by atoms with Crippen molar-refractivity contribution in [1.82, 2.24) is 15.3 Å². The zero-order chi connectivity index (χ0) is 14.7. The molecule has 0 saturated heterocycles. The van der Waals surface area contributed by atoms with E-state index in [1.807, 2.05) is 24.4 Å². The number of hydrogen-bond donors (Lipinski definition) is 1. The Morgan fingerprint density at radius 1 is 1.48 bits per heavy atom. The van der Waals surface area contributed by atoms with Gasteiger partial charge in [0.15, 0.2) is 0 Å². The van der Waals surface area contributed by atoms with Gasteiger partial charge in [0.05, 0.1) is 18.1 Å². The average Bonchev–Trinajstić information content (AvgIpc) is 3.15. The van der Waals surface area contributed by atoms with E-state index in [0.717, 1.165) is 21.0 Å². The molecule has 0 unspecified atom stereocenters. The summed E-state index contributed by atoms with van der Waals surface area (Å²) >= 11 is 2.98. The van der Waals surface area contributed by atoms with Gasteiger partial charge in [0.2, 0.25) is 5.91 Å². The van der Waals surface area contributed by atoms with Crippen LogP contribution in [0.3, 0.4) is 0 Å². The van der Waals surface area contributed by atoms with E-state index in [4.69, 9.17) is 4.42 Å². The molecular formula is C14H13N3O2S2. The standard InChI is InChI=1S/C14H13N3O2S2/c1-9(11-3-2-5-19-11)17-12(18)7-21-14-10-4-6-20-13(10)15-8-16-14/h2-6,8-9H,7H2,1H3,(H,17,18)/t9-/m0/s1. The van der Waals surface area contributed by atoms with Gasteiger partial charge >= 0.3 is 0 Å². The maximum absolute atomic E-state index is 12.0. The van der Waals surface area contributed by atoms with E-state index in [0.29, 0.717) is 5.75 Å². The summed E-state index contributed by atoms with van der Waals surface area (Å²) in [6.07, 6.45) is 3.13. The predicted octanol–water partition coefficient (Wildman–Crippen LogP) is 3.25. The van der Waals surface area contributed by atoms with Crippen LogP contribution < -0.4 is 5.32 Å². The first-order chi connectivity index (χ1) is 10.2. The first-order valence-electron chi connectivity index (χ1n) is 6.38. The van der Waals surface area contributed by atoms with Crippen LogP contribution in [0.4, 0.5) is 0 Å². The molecule has 7 heteroatoms. The molecule has 0 aliphatic rings. The van der Waals surface area contributed by atoms with Crippen molar-refractivity contribution in [1.29, 1.82) is 0 Å². The van der Waals surface area contributed by atoms with Crippen LogP contribution in [0, 0.1) is 0 Å². The summed E-state index contributed by atoms with van der Waals surface area (Å²) in [4.78, 5) is 21.4. The molecule has 3 aromatic rings. The highest BCUT2D eigenvalue weighted by atomic mass is 32.2. The second-order valence-electron chi connectivity index (χ2n) is 4.41. The maximum Gasteiger partial charge on any atom is 0.230 e. The summed E-state index contributed by atoms with van der Waals surface area (Å²) in [6, 6.07) is 5.49. The summed E-state index contributed by atoms with van der Waals surface area (Å²) in [7, 11) is 0. The molecule has 0 spiro atoms. The van der Waals surface area contributed by atoms with Gasteiger partial charge in [-0.15, -0.1) is 11.3 Å². The van der Waals surface area contributed by atoms with Gasteiger partial charge in [-0.05, 0) is 30.5 Å². The van der Waals surface area contributed by atoms with Crippen LogP contribution in [0.2, 0.25) is 0 Å². The minimum absolute atomic E-state index is 0.0501. The van der Waals surface area contributed by atoms with Crippen LogP contribution in [0.25, 0.3) is 10.2 Å². The van der Waals surface area contributed by atoms with E-state index in [9.17, 15) is 4.79 Å². The van der Waals surface area contributed by atoms with Crippen LogP contribution in [-0.2, 0) is 4.79 Å². The third-order valence-electron chi connectivity index (χ3n) is 2.91. The minimum Gasteiger partial charge on any atom is -0.467 e. The molecule has 3 heterocycles. The molecule has 21 heavy (non-hydrogen) atoms. The number of carbonyl (C=O) groups is 1. The summed E-state index contributed by atoms with van der Waals surface area (Å²) in [5, 5.41) is 6.71. The first-order valence-corrected chi connectivity index (χ1v) is 8.24. The van der Waals surface area contributed by atoms with Gasteiger partial charge in [-0.2, -0.15) is 0 Å². The van der Waals surface area contributed by atoms with E-state index >= 15 is 0 Å². The predicted molar refractivity (Wildman–Crippen MR) is 83.4 cm³/mol. The third-order valence-corrected chi connectivity index (χ3v) is 4.74. The Morgan fingerprint density at radius 2 is 2.38 bits per heavy atom. The smallest absolute Gasteiger partial charge is 0.230 e. The van der Waals surface area contributed by atoms with Gasteiger partial charge in [-0.25, -0.2) is 9.97 Å². The molecule has 0 saturated carbocycles. The molecule has 5 nitrogen and oxygen atoms in total. The monoisotopic (exact) mass is 319 g/mol. The van der Waals surface area contributed by atoms with Crippen LogP contribution in [-0.4, -0.2) is 21.6 Å². The van der Waals surface area contributed by atoms with Crippen LogP contribution >= 0.6 is 23.1 Å². The molecule has 0 aliphatic carbocycles. The second kappa shape index (κ2) is 6.28. The molecule has 1 N–H and O–H groups in total. The number of thioether (sulfide) groups is 1. The molecule has 1 atom stereocenters. The van der Waals surface area contributed by atoms with Crippen molar-refractivity contribution in [2.24, 2.45) is 0 Å². The van der Waals surface area contributed by atoms with E-state index < -0.39 is 0 Å². The largest absolute Gasteiger partial charge is 0.467 e. The number of nitrogens with zero attached hydrogens (tertiary/aromatic N) is 2. The molecule has 0 fully saturated rings. The number of thiophene rings is 1. The van der Waals surface area contributed by atoms with Gasteiger partial charge in [-0.3, -0.25) is 4.79 Å². The average molecular weight is 319 g/mol. The fraction of sp³-hybridized carbons (Fsp3) is 0.214. The normalized spacial score (nSPS) is 12.4. The molecule has 0 bridgehead atoms. The number of rotatable bonds is 5. The lowest BCUT2D eigenvalue weighted by atomic mass is 10.2. The number of aromatic nitrogens is 2. The maximum atomic E-state index is 12.0. The zero-order valence-electron chi connectivity index (χ0n) is 11.3. The third kappa shape index (κ3) is 3.25. The summed E-state index contributed by atoms with van der Waals surface area (Å²) in [6.45, 7) is 1.89. The Bertz CT molecular complexity index is 740. The van der Waals surface area contributed by atoms with Gasteiger partial charge in [-0.1, -0.05) is 11.8 Å². The number of amides is 1. The Kier molecular flexibility index (Phi) is 4.21. The molecule has 0 aromatic carbocycles. The SMILES string of the molecule is C[C@H](NC(=O)CSc1ncnc2sccc12)c1ccco1. The topological polar surface area (TPSA) is 68.0 Å². The summed E-state index contributed by atoms with van der Waals surface area (Å²) < 4.78 is 5.27. The van der Waals surface area contributed by atoms with Gasteiger partial charge in [0.1, 0.15) is 21.9 Å². The van der Waals surface area contributed by atoms with Crippen molar-refractivity contribution >= 4 is 39.2 Å². The fourth-order valence-electron chi connectivity index (χ4n) is 1.91. The first kappa shape index (κ1) is 14.1. The van der Waals surface area contributed by atoms with Crippen molar-refractivity contribution in [2.75, 3.05) is 5.75 Å². The Morgan fingerprint density at radius 3 is 3.19 bits per heavy atom. The molecule has 0 aliphatic heterocycles. The number of carbonyl (C=O) groups excluding carboxylic acids is 1. The van der Waals surface area contributed by atoms with Crippen LogP contribution in [0.5, 0.6) is 0 Å². The summed E-state index contributed by atoms with van der Waals surface area (Å²) in [5.74, 6) is 1.01. The fourth-order valence-corrected chi connectivity index (χ4v) is 3.50. The molecular weight excluding hydrogens is 306 g/mol. The lowest BCUT2D eigenvalue weighted by molar-refractivity contribution is -0.119. The Labute approximate surface area is 129 Å². The van der Waals surface area contributed by atoms with Crippen LogP contribution in [0.1, 0.15) is 18.7 Å². The number of hydrogen-bond acceptors (Lipinski definition) is 6. The Balaban J connectivity index is 1.60. The van der Waals surface area contributed by atoms with Crippen molar-refractivity contribution < 1.29 is 9.21 Å².